The molecular weight excluding hydrogens is 280 g/mol. The van der Waals surface area contributed by atoms with E-state index < -0.39 is 0 Å². The molecule has 0 bridgehead atoms. The van der Waals surface area contributed by atoms with E-state index >= 15 is 0 Å². The van der Waals surface area contributed by atoms with E-state index in [0.29, 0.717) is 0 Å². The Morgan fingerprint density at radius 3 is 2.89 bits per heavy atom. The number of hydrogen-bond acceptors (Lipinski definition) is 4. The van der Waals surface area contributed by atoms with Crippen LogP contribution >= 0.6 is 22.9 Å². The molecule has 4 nitrogen and oxygen atoms in total. The SMILES string of the molecule is CC(NC(C)c1nnc2n1CCC2)c1ccc(Cl)s1. The predicted molar refractivity (Wildman–Crippen MR) is 77.6 cm³/mol. The van der Waals surface area contributed by atoms with Gasteiger partial charge >= 0.3 is 0 Å². The number of nitrogens with one attached hydrogen (secondary N) is 1. The maximum Gasteiger partial charge on any atom is 0.149 e. The molecule has 0 spiro atoms. The summed E-state index contributed by atoms with van der Waals surface area (Å²) in [5.41, 5.74) is 0. The first-order valence-corrected chi connectivity index (χ1v) is 7.78. The fourth-order valence-corrected chi connectivity index (χ4v) is 3.66. The standard InChI is InChI=1S/C13H17ClN4S/c1-8(10-5-6-11(14)19-10)15-9(2)13-17-16-12-4-3-7-18(12)13/h5-6,8-9,15H,3-4,7H2,1-2H3. The lowest BCUT2D eigenvalue weighted by molar-refractivity contribution is 0.463. The van der Waals surface area contributed by atoms with Crippen molar-refractivity contribution in [2.75, 3.05) is 0 Å². The van der Waals surface area contributed by atoms with E-state index in [2.05, 4.69) is 40.0 Å². The van der Waals surface area contributed by atoms with E-state index in [4.69, 9.17) is 11.6 Å². The largest absolute Gasteiger partial charge is 0.314 e. The molecule has 0 radical (unpaired) electrons. The van der Waals surface area contributed by atoms with Crippen LogP contribution < -0.4 is 5.32 Å². The van der Waals surface area contributed by atoms with Crippen LogP contribution in [0.25, 0.3) is 0 Å². The molecule has 3 heterocycles. The first kappa shape index (κ1) is 13.1. The van der Waals surface area contributed by atoms with Gasteiger partial charge in [-0.25, -0.2) is 0 Å². The molecule has 2 aromatic heterocycles. The quantitative estimate of drug-likeness (QED) is 0.941. The Bertz CT molecular complexity index is 577. The smallest absolute Gasteiger partial charge is 0.149 e. The monoisotopic (exact) mass is 296 g/mol. The Kier molecular flexibility index (Phi) is 3.60. The van der Waals surface area contributed by atoms with Crippen molar-refractivity contribution in [2.24, 2.45) is 0 Å². The van der Waals surface area contributed by atoms with Crippen molar-refractivity contribution in [3.63, 3.8) is 0 Å². The van der Waals surface area contributed by atoms with Crippen LogP contribution in [0.15, 0.2) is 12.1 Å². The Hall–Kier alpha value is -0.910. The third kappa shape index (κ3) is 2.55. The molecule has 19 heavy (non-hydrogen) atoms. The maximum absolute atomic E-state index is 5.98. The second-order valence-corrected chi connectivity index (χ2v) is 6.73. The van der Waals surface area contributed by atoms with Crippen molar-refractivity contribution in [3.05, 3.63) is 33.0 Å². The van der Waals surface area contributed by atoms with Gasteiger partial charge in [0.1, 0.15) is 11.6 Å². The number of aryl methyl sites for hydroxylation is 1. The van der Waals surface area contributed by atoms with Crippen LogP contribution in [0.1, 0.15) is 48.9 Å². The highest BCUT2D eigenvalue weighted by Crippen LogP contribution is 2.28. The Morgan fingerprint density at radius 2 is 2.16 bits per heavy atom. The molecule has 102 valence electrons. The third-order valence-corrected chi connectivity index (χ3v) is 4.96. The first-order chi connectivity index (χ1) is 9.15. The number of halogens is 1. The summed E-state index contributed by atoms with van der Waals surface area (Å²) in [5.74, 6) is 2.16. The van der Waals surface area contributed by atoms with Gasteiger partial charge in [-0.1, -0.05) is 11.6 Å². The molecule has 1 aliphatic rings. The van der Waals surface area contributed by atoms with Gasteiger partial charge in [0.25, 0.3) is 0 Å². The van der Waals surface area contributed by atoms with Crippen molar-refractivity contribution in [2.45, 2.75) is 45.3 Å². The molecule has 6 heteroatoms. The highest BCUT2D eigenvalue weighted by molar-refractivity contribution is 7.16. The number of rotatable bonds is 4. The lowest BCUT2D eigenvalue weighted by atomic mass is 10.2. The van der Waals surface area contributed by atoms with Crippen LogP contribution in [0.2, 0.25) is 4.34 Å². The fraction of sp³-hybridized carbons (Fsp3) is 0.538. The first-order valence-electron chi connectivity index (χ1n) is 6.58. The minimum Gasteiger partial charge on any atom is -0.314 e. The van der Waals surface area contributed by atoms with Gasteiger partial charge in [0.05, 0.1) is 10.4 Å². The summed E-state index contributed by atoms with van der Waals surface area (Å²) in [6, 6.07) is 4.47. The van der Waals surface area contributed by atoms with E-state index in [1.54, 1.807) is 11.3 Å². The summed E-state index contributed by atoms with van der Waals surface area (Å²) >= 11 is 7.60. The zero-order valence-electron chi connectivity index (χ0n) is 11.1. The summed E-state index contributed by atoms with van der Waals surface area (Å²) in [5, 5.41) is 12.1. The van der Waals surface area contributed by atoms with E-state index in [1.165, 1.54) is 11.3 Å². The van der Waals surface area contributed by atoms with Gasteiger partial charge in [0.2, 0.25) is 0 Å². The molecule has 2 atom stereocenters. The molecule has 0 saturated carbocycles. The van der Waals surface area contributed by atoms with Crippen LogP contribution in [0, 0.1) is 0 Å². The average Bonchev–Trinajstić information content (AvgIpc) is 3.02. The Labute approximate surface area is 121 Å². The van der Waals surface area contributed by atoms with Gasteiger partial charge in [0.15, 0.2) is 0 Å². The topological polar surface area (TPSA) is 42.7 Å². The van der Waals surface area contributed by atoms with Crippen LogP contribution in [0.5, 0.6) is 0 Å². The lowest BCUT2D eigenvalue weighted by Gasteiger charge is -2.18. The molecule has 0 fully saturated rings. The zero-order valence-corrected chi connectivity index (χ0v) is 12.6. The number of aromatic nitrogens is 3. The minimum atomic E-state index is 0.190. The summed E-state index contributed by atoms with van der Waals surface area (Å²) in [6.45, 7) is 5.34. The number of hydrogen-bond donors (Lipinski definition) is 1. The average molecular weight is 297 g/mol. The molecule has 1 N–H and O–H groups in total. The number of thiophene rings is 1. The molecule has 0 aliphatic carbocycles. The van der Waals surface area contributed by atoms with Crippen molar-refractivity contribution >= 4 is 22.9 Å². The number of nitrogens with zero attached hydrogens (tertiary/aromatic N) is 3. The summed E-state index contributed by atoms with van der Waals surface area (Å²) in [7, 11) is 0. The van der Waals surface area contributed by atoms with Crippen molar-refractivity contribution in [3.8, 4) is 0 Å². The summed E-state index contributed by atoms with van der Waals surface area (Å²) in [6.07, 6.45) is 2.23. The van der Waals surface area contributed by atoms with Gasteiger partial charge in [0, 0.05) is 23.9 Å². The molecule has 0 aromatic carbocycles. The van der Waals surface area contributed by atoms with E-state index in [0.717, 1.165) is 29.0 Å². The van der Waals surface area contributed by atoms with Crippen LogP contribution in [-0.4, -0.2) is 14.8 Å². The normalized spacial score (nSPS) is 17.4. The van der Waals surface area contributed by atoms with Gasteiger partial charge in [-0.2, -0.15) is 0 Å². The van der Waals surface area contributed by atoms with Crippen molar-refractivity contribution in [1.29, 1.82) is 0 Å². The zero-order chi connectivity index (χ0) is 13.4. The molecule has 3 rings (SSSR count). The predicted octanol–water partition coefficient (Wildman–Crippen LogP) is 3.35. The Balaban J connectivity index is 1.72. The van der Waals surface area contributed by atoms with Gasteiger partial charge in [-0.05, 0) is 32.4 Å². The highest BCUT2D eigenvalue weighted by atomic mass is 35.5. The van der Waals surface area contributed by atoms with Crippen LogP contribution in [-0.2, 0) is 13.0 Å². The van der Waals surface area contributed by atoms with E-state index in [9.17, 15) is 0 Å². The van der Waals surface area contributed by atoms with Gasteiger partial charge in [-0.3, -0.25) is 0 Å². The van der Waals surface area contributed by atoms with Crippen molar-refractivity contribution < 1.29 is 0 Å². The second kappa shape index (κ2) is 5.23. The molecule has 2 aromatic rings. The lowest BCUT2D eigenvalue weighted by Crippen LogP contribution is -2.24. The van der Waals surface area contributed by atoms with Gasteiger partial charge in [-0.15, -0.1) is 21.5 Å². The van der Waals surface area contributed by atoms with Crippen LogP contribution in [0.3, 0.4) is 0 Å². The Morgan fingerprint density at radius 1 is 1.32 bits per heavy atom. The van der Waals surface area contributed by atoms with E-state index in [1.807, 2.05) is 6.07 Å². The fourth-order valence-electron chi connectivity index (χ4n) is 2.59. The molecule has 0 saturated heterocycles. The molecule has 0 amide bonds. The van der Waals surface area contributed by atoms with Crippen LogP contribution in [0.4, 0.5) is 0 Å². The number of fused-ring (bicyclic) bond motifs is 1. The third-order valence-electron chi connectivity index (χ3n) is 3.55. The van der Waals surface area contributed by atoms with Crippen molar-refractivity contribution in [1.82, 2.24) is 20.1 Å². The molecule has 2 unspecified atom stereocenters. The van der Waals surface area contributed by atoms with E-state index in [-0.39, 0.29) is 12.1 Å². The maximum atomic E-state index is 5.98. The summed E-state index contributed by atoms with van der Waals surface area (Å²) < 4.78 is 3.07. The highest BCUT2D eigenvalue weighted by Gasteiger charge is 2.22. The van der Waals surface area contributed by atoms with Gasteiger partial charge < -0.3 is 9.88 Å². The second-order valence-electron chi connectivity index (χ2n) is 4.98. The minimum absolute atomic E-state index is 0.190. The molecule has 1 aliphatic heterocycles. The molecular formula is C13H17ClN4S. The summed E-state index contributed by atoms with van der Waals surface area (Å²) in [4.78, 5) is 1.25.